The van der Waals surface area contributed by atoms with E-state index >= 15 is 0 Å². The van der Waals surface area contributed by atoms with Crippen molar-refractivity contribution in [2.75, 3.05) is 25.0 Å². The van der Waals surface area contributed by atoms with Gasteiger partial charge in [-0.1, -0.05) is 26.8 Å². The first kappa shape index (κ1) is 26.1. The van der Waals surface area contributed by atoms with Gasteiger partial charge in [-0.3, -0.25) is 9.59 Å². The number of amides is 2. The van der Waals surface area contributed by atoms with Gasteiger partial charge in [-0.05, 0) is 74.6 Å². The van der Waals surface area contributed by atoms with Gasteiger partial charge in [-0.15, -0.1) is 0 Å². The van der Waals surface area contributed by atoms with Gasteiger partial charge < -0.3 is 15.1 Å². The second kappa shape index (κ2) is 11.0. The first-order valence-corrected chi connectivity index (χ1v) is 13.4. The topological polar surface area (TPSA) is 78.4 Å². The molecule has 1 fully saturated rings. The van der Waals surface area contributed by atoms with E-state index in [9.17, 15) is 9.59 Å². The maximum Gasteiger partial charge on any atom is 0.253 e. The van der Waals surface area contributed by atoms with Crippen LogP contribution in [0.5, 0.6) is 0 Å². The number of rotatable bonds is 7. The van der Waals surface area contributed by atoms with Gasteiger partial charge in [0.15, 0.2) is 0 Å². The van der Waals surface area contributed by atoms with E-state index in [2.05, 4.69) is 47.0 Å². The monoisotopic (exact) mass is 491 g/mol. The number of carbonyl (C=O) groups is 2. The predicted molar refractivity (Wildman–Crippen MR) is 143 cm³/mol. The number of benzene rings is 1. The summed E-state index contributed by atoms with van der Waals surface area (Å²) in [7, 11) is 1.92. The van der Waals surface area contributed by atoms with E-state index in [1.165, 1.54) is 5.56 Å². The Balaban J connectivity index is 1.38. The third kappa shape index (κ3) is 5.88. The van der Waals surface area contributed by atoms with E-state index in [1.54, 1.807) is 0 Å². The lowest BCUT2D eigenvalue weighted by atomic mass is 9.94. The fourth-order valence-corrected chi connectivity index (χ4v) is 5.38. The van der Waals surface area contributed by atoms with E-state index in [0.717, 1.165) is 61.7 Å². The van der Waals surface area contributed by atoms with Gasteiger partial charge in [0.2, 0.25) is 5.91 Å². The summed E-state index contributed by atoms with van der Waals surface area (Å²) in [5, 5.41) is 3.23. The number of aryl methyl sites for hydroxylation is 3. The Morgan fingerprint density at radius 1 is 1.08 bits per heavy atom. The van der Waals surface area contributed by atoms with E-state index in [-0.39, 0.29) is 23.9 Å². The lowest BCUT2D eigenvalue weighted by Gasteiger charge is -2.37. The summed E-state index contributed by atoms with van der Waals surface area (Å²) in [5.74, 6) is 2.75. The van der Waals surface area contributed by atoms with Crippen LogP contribution in [0.2, 0.25) is 0 Å². The van der Waals surface area contributed by atoms with Crippen LogP contribution in [0.25, 0.3) is 0 Å². The lowest BCUT2D eigenvalue weighted by molar-refractivity contribution is -0.123. The Morgan fingerprint density at radius 3 is 2.47 bits per heavy atom. The highest BCUT2D eigenvalue weighted by molar-refractivity contribution is 5.94. The molecule has 2 aliphatic rings. The average molecular weight is 492 g/mol. The Bertz CT molecular complexity index is 1090. The minimum atomic E-state index is -0.00654. The first-order chi connectivity index (χ1) is 17.1. The molecule has 0 saturated carbocycles. The van der Waals surface area contributed by atoms with Crippen molar-refractivity contribution in [3.63, 3.8) is 0 Å². The molecule has 1 aliphatic heterocycles. The molecule has 1 unspecified atom stereocenters. The van der Waals surface area contributed by atoms with Crippen LogP contribution in [-0.4, -0.2) is 52.9 Å². The minimum absolute atomic E-state index is 0.00654. The van der Waals surface area contributed by atoms with Crippen molar-refractivity contribution in [3.8, 4) is 0 Å². The Morgan fingerprint density at radius 2 is 1.81 bits per heavy atom. The summed E-state index contributed by atoms with van der Waals surface area (Å²) in [6.45, 7) is 12.1. The van der Waals surface area contributed by atoms with Gasteiger partial charge >= 0.3 is 0 Å². The Labute approximate surface area is 215 Å². The zero-order chi connectivity index (χ0) is 26.0. The van der Waals surface area contributed by atoms with Crippen molar-refractivity contribution in [2.24, 2.45) is 11.8 Å². The molecule has 4 rings (SSSR count). The van der Waals surface area contributed by atoms with Crippen molar-refractivity contribution >= 4 is 17.6 Å². The fraction of sp³-hybridized carbons (Fsp3) is 0.586. The van der Waals surface area contributed by atoms with Gasteiger partial charge in [-0.25, -0.2) is 9.97 Å². The summed E-state index contributed by atoms with van der Waals surface area (Å²) in [5.41, 5.74) is 4.02. The van der Waals surface area contributed by atoms with Crippen LogP contribution in [0.15, 0.2) is 24.3 Å². The van der Waals surface area contributed by atoms with Crippen molar-refractivity contribution in [2.45, 2.75) is 78.8 Å². The van der Waals surface area contributed by atoms with Crippen LogP contribution in [0.1, 0.15) is 85.5 Å². The maximum atomic E-state index is 13.4. The number of aromatic nitrogens is 2. The van der Waals surface area contributed by atoms with Crippen molar-refractivity contribution in [1.29, 1.82) is 0 Å². The third-order valence-electron chi connectivity index (χ3n) is 8.06. The quantitative estimate of drug-likeness (QED) is 0.611. The molecule has 1 aromatic heterocycles. The highest BCUT2D eigenvalue weighted by Gasteiger charge is 2.29. The molecule has 194 valence electrons. The molecule has 1 N–H and O–H groups in total. The molecule has 0 spiro atoms. The lowest BCUT2D eigenvalue weighted by Crippen LogP contribution is -2.46. The van der Waals surface area contributed by atoms with E-state index in [0.29, 0.717) is 23.8 Å². The summed E-state index contributed by atoms with van der Waals surface area (Å²) >= 11 is 0. The molecule has 2 amide bonds. The number of nitrogens with zero attached hydrogens (tertiary/aromatic N) is 4. The Kier molecular flexibility index (Phi) is 7.96. The Hall–Kier alpha value is -2.96. The molecule has 2 heterocycles. The van der Waals surface area contributed by atoms with Crippen molar-refractivity contribution < 1.29 is 9.59 Å². The summed E-state index contributed by atoms with van der Waals surface area (Å²) in [6, 6.07) is 8.25. The molecule has 2 atom stereocenters. The molecule has 1 aliphatic carbocycles. The zero-order valence-corrected chi connectivity index (χ0v) is 22.7. The van der Waals surface area contributed by atoms with Crippen LogP contribution in [-0.2, 0) is 11.2 Å². The molecular weight excluding hydrogens is 450 g/mol. The predicted octanol–water partition coefficient (Wildman–Crippen LogP) is 4.62. The standard InChI is InChI=1S/C29H41N5O2/c1-18(2)19(3)15-28(35)32-26-10-9-22-7-8-23(17-25(22)26)29(36)33(6)24-11-13-34(14-12-24)27-16-20(4)30-21(5)31-27/h7-8,16-19,24,26H,9-15H2,1-6H3,(H,32,35)/t19?,26-/m1/s1. The molecule has 0 bridgehead atoms. The SMILES string of the molecule is Cc1cc(N2CCC(N(C)C(=O)c3ccc4c(c3)[C@H](NC(=O)CC(C)C(C)C)CC4)CC2)nc(C)n1. The van der Waals surface area contributed by atoms with Crippen LogP contribution < -0.4 is 10.2 Å². The van der Waals surface area contributed by atoms with Crippen molar-refractivity contribution in [1.82, 2.24) is 20.2 Å². The van der Waals surface area contributed by atoms with E-state index in [4.69, 9.17) is 0 Å². The average Bonchev–Trinajstić information content (AvgIpc) is 3.24. The molecule has 2 aromatic rings. The van der Waals surface area contributed by atoms with Gasteiger partial charge in [0.25, 0.3) is 5.91 Å². The fourth-order valence-electron chi connectivity index (χ4n) is 5.38. The van der Waals surface area contributed by atoms with E-state index < -0.39 is 0 Å². The van der Waals surface area contributed by atoms with Gasteiger partial charge in [-0.2, -0.15) is 0 Å². The van der Waals surface area contributed by atoms with Crippen LogP contribution in [0.3, 0.4) is 0 Å². The zero-order valence-electron chi connectivity index (χ0n) is 22.7. The van der Waals surface area contributed by atoms with Gasteiger partial charge in [0.1, 0.15) is 11.6 Å². The normalized spacial score (nSPS) is 18.8. The molecule has 7 nitrogen and oxygen atoms in total. The molecule has 1 saturated heterocycles. The summed E-state index contributed by atoms with van der Waals surface area (Å²) in [4.78, 5) is 39.2. The third-order valence-corrected chi connectivity index (χ3v) is 8.06. The number of hydrogen-bond donors (Lipinski definition) is 1. The molecule has 0 radical (unpaired) electrons. The van der Waals surface area contributed by atoms with Crippen LogP contribution >= 0.6 is 0 Å². The largest absolute Gasteiger partial charge is 0.356 e. The maximum absolute atomic E-state index is 13.4. The minimum Gasteiger partial charge on any atom is -0.356 e. The smallest absolute Gasteiger partial charge is 0.253 e. The van der Waals surface area contributed by atoms with Crippen LogP contribution in [0, 0.1) is 25.7 Å². The number of piperidine rings is 1. The van der Waals surface area contributed by atoms with Gasteiger partial charge in [0.05, 0.1) is 6.04 Å². The van der Waals surface area contributed by atoms with Crippen LogP contribution in [0.4, 0.5) is 5.82 Å². The number of hydrogen-bond acceptors (Lipinski definition) is 5. The van der Waals surface area contributed by atoms with E-state index in [1.807, 2.05) is 44.0 Å². The molecular formula is C29H41N5O2. The number of anilines is 1. The summed E-state index contributed by atoms with van der Waals surface area (Å²) < 4.78 is 0. The first-order valence-electron chi connectivity index (χ1n) is 13.4. The second-order valence-corrected chi connectivity index (χ2v) is 11.0. The van der Waals surface area contributed by atoms with Gasteiger partial charge in [0, 0.05) is 49.9 Å². The molecule has 36 heavy (non-hydrogen) atoms. The number of nitrogens with one attached hydrogen (secondary N) is 1. The highest BCUT2D eigenvalue weighted by Crippen LogP contribution is 2.33. The number of carbonyl (C=O) groups excluding carboxylic acids is 2. The summed E-state index contributed by atoms with van der Waals surface area (Å²) in [6.07, 6.45) is 4.18. The second-order valence-electron chi connectivity index (χ2n) is 11.0. The number of fused-ring (bicyclic) bond motifs is 1. The molecule has 7 heteroatoms. The molecule has 1 aromatic carbocycles. The van der Waals surface area contributed by atoms with Crippen molar-refractivity contribution in [3.05, 3.63) is 52.5 Å². The highest BCUT2D eigenvalue weighted by atomic mass is 16.2.